The van der Waals surface area contributed by atoms with Crippen molar-refractivity contribution in [3.63, 3.8) is 0 Å². The Morgan fingerprint density at radius 1 is 1.09 bits per heavy atom. The monoisotopic (exact) mass is 494 g/mol. The molecule has 0 saturated heterocycles. The SMILES string of the molecule is CC(=O)N(c1nc(CSc2nnc(COc3cccc(C)c3)o2)cs1)c1c(C)cc(C)cc1C. The van der Waals surface area contributed by atoms with E-state index in [-0.39, 0.29) is 12.5 Å². The number of rotatable bonds is 8. The number of nitrogens with zero attached hydrogens (tertiary/aromatic N) is 4. The van der Waals surface area contributed by atoms with Gasteiger partial charge in [0.15, 0.2) is 11.7 Å². The van der Waals surface area contributed by atoms with Crippen LogP contribution in [0.15, 0.2) is 51.4 Å². The highest BCUT2D eigenvalue weighted by molar-refractivity contribution is 7.98. The largest absolute Gasteiger partial charge is 0.484 e. The number of thiazole rings is 1. The third-order valence-corrected chi connectivity index (χ3v) is 6.78. The number of anilines is 2. The first kappa shape index (κ1) is 24.0. The Kier molecular flexibility index (Phi) is 7.33. The molecule has 2 heterocycles. The smallest absolute Gasteiger partial charge is 0.277 e. The van der Waals surface area contributed by atoms with Crippen LogP contribution in [0.3, 0.4) is 0 Å². The minimum atomic E-state index is -0.0706. The molecule has 1 amide bonds. The molecule has 0 radical (unpaired) electrons. The van der Waals surface area contributed by atoms with Crippen molar-refractivity contribution in [2.24, 2.45) is 0 Å². The van der Waals surface area contributed by atoms with Crippen LogP contribution in [-0.4, -0.2) is 21.1 Å². The van der Waals surface area contributed by atoms with E-state index in [1.54, 1.807) is 11.8 Å². The molecule has 4 rings (SSSR count). The fourth-order valence-electron chi connectivity index (χ4n) is 3.72. The van der Waals surface area contributed by atoms with Crippen molar-refractivity contribution >= 4 is 39.8 Å². The van der Waals surface area contributed by atoms with Crippen molar-refractivity contribution < 1.29 is 13.9 Å². The van der Waals surface area contributed by atoms with Gasteiger partial charge in [0.05, 0.1) is 11.4 Å². The summed E-state index contributed by atoms with van der Waals surface area (Å²) in [5.74, 6) is 1.65. The van der Waals surface area contributed by atoms with Crippen LogP contribution in [0.5, 0.6) is 5.75 Å². The van der Waals surface area contributed by atoms with Gasteiger partial charge in [0.2, 0.25) is 5.91 Å². The van der Waals surface area contributed by atoms with Crippen molar-refractivity contribution in [2.45, 2.75) is 52.2 Å². The van der Waals surface area contributed by atoms with Gasteiger partial charge in [0.1, 0.15) is 5.75 Å². The van der Waals surface area contributed by atoms with Crippen LogP contribution >= 0.6 is 23.1 Å². The predicted octanol–water partition coefficient (Wildman–Crippen LogP) is 6.32. The Morgan fingerprint density at radius 2 is 1.85 bits per heavy atom. The van der Waals surface area contributed by atoms with Gasteiger partial charge in [0.25, 0.3) is 11.1 Å². The summed E-state index contributed by atoms with van der Waals surface area (Å²) in [6.07, 6.45) is 0. The predicted molar refractivity (Wildman–Crippen MR) is 135 cm³/mol. The first-order chi connectivity index (χ1) is 16.3. The van der Waals surface area contributed by atoms with Crippen LogP contribution in [0, 0.1) is 27.7 Å². The van der Waals surface area contributed by atoms with Gasteiger partial charge < -0.3 is 9.15 Å². The van der Waals surface area contributed by atoms with E-state index in [0.29, 0.717) is 22.0 Å². The molecule has 0 bridgehead atoms. The molecule has 4 aromatic rings. The number of aromatic nitrogens is 3. The lowest BCUT2D eigenvalue weighted by atomic mass is 10.0. The molecule has 0 aliphatic carbocycles. The zero-order valence-corrected chi connectivity index (χ0v) is 21.4. The Hall–Kier alpha value is -3.17. The molecule has 2 aromatic carbocycles. The maximum Gasteiger partial charge on any atom is 0.277 e. The van der Waals surface area contributed by atoms with Crippen LogP contribution in [0.4, 0.5) is 10.8 Å². The van der Waals surface area contributed by atoms with Gasteiger partial charge in [-0.2, -0.15) is 0 Å². The fraction of sp³-hybridized carbons (Fsp3) is 0.280. The van der Waals surface area contributed by atoms with Gasteiger partial charge in [-0.05, 0) is 56.5 Å². The van der Waals surface area contributed by atoms with Crippen molar-refractivity contribution in [2.75, 3.05) is 4.90 Å². The van der Waals surface area contributed by atoms with Crippen molar-refractivity contribution in [1.82, 2.24) is 15.2 Å². The van der Waals surface area contributed by atoms with Crippen LogP contribution in [0.1, 0.15) is 40.8 Å². The van der Waals surface area contributed by atoms with Gasteiger partial charge in [-0.1, -0.05) is 41.6 Å². The Morgan fingerprint density at radius 3 is 2.56 bits per heavy atom. The number of carbonyl (C=O) groups excluding carboxylic acids is 1. The van der Waals surface area contributed by atoms with Gasteiger partial charge in [-0.3, -0.25) is 9.69 Å². The second-order valence-corrected chi connectivity index (χ2v) is 9.84. The topological polar surface area (TPSA) is 81.4 Å². The molecule has 0 aliphatic heterocycles. The first-order valence-corrected chi connectivity index (χ1v) is 12.6. The molecule has 34 heavy (non-hydrogen) atoms. The Labute approximate surface area is 207 Å². The number of hydrogen-bond acceptors (Lipinski definition) is 8. The van der Waals surface area contributed by atoms with E-state index in [2.05, 4.69) is 29.3 Å². The third kappa shape index (κ3) is 5.66. The summed E-state index contributed by atoms with van der Waals surface area (Å²) in [5, 5.41) is 11.2. The molecule has 0 fully saturated rings. The summed E-state index contributed by atoms with van der Waals surface area (Å²) in [7, 11) is 0. The fourth-order valence-corrected chi connectivity index (χ4v) is 5.37. The quantitative estimate of drug-likeness (QED) is 0.265. The lowest BCUT2D eigenvalue weighted by Crippen LogP contribution is -2.24. The van der Waals surface area contributed by atoms with E-state index < -0.39 is 0 Å². The summed E-state index contributed by atoms with van der Waals surface area (Å²) in [6, 6.07) is 12.0. The zero-order valence-electron chi connectivity index (χ0n) is 19.8. The van der Waals surface area contributed by atoms with E-state index >= 15 is 0 Å². The Balaban J connectivity index is 1.41. The maximum absolute atomic E-state index is 12.6. The van der Waals surface area contributed by atoms with E-state index in [1.807, 2.05) is 50.4 Å². The lowest BCUT2D eigenvalue weighted by molar-refractivity contribution is -0.115. The molecule has 0 saturated carbocycles. The van der Waals surface area contributed by atoms with Crippen LogP contribution in [-0.2, 0) is 17.2 Å². The van der Waals surface area contributed by atoms with Crippen molar-refractivity contribution in [3.8, 4) is 5.75 Å². The summed E-state index contributed by atoms with van der Waals surface area (Å²) in [6.45, 7) is 9.88. The van der Waals surface area contributed by atoms with Crippen LogP contribution in [0.2, 0.25) is 0 Å². The molecule has 0 aliphatic rings. The van der Waals surface area contributed by atoms with E-state index in [1.165, 1.54) is 28.7 Å². The molecule has 0 N–H and O–H groups in total. The van der Waals surface area contributed by atoms with Crippen LogP contribution in [0.25, 0.3) is 0 Å². The number of aryl methyl sites for hydroxylation is 4. The van der Waals surface area contributed by atoms with Gasteiger partial charge in [-0.25, -0.2) is 4.98 Å². The average molecular weight is 495 g/mol. The van der Waals surface area contributed by atoms with Gasteiger partial charge in [-0.15, -0.1) is 21.5 Å². The molecular formula is C25H26N4O3S2. The number of amides is 1. The highest BCUT2D eigenvalue weighted by atomic mass is 32.2. The van der Waals surface area contributed by atoms with Gasteiger partial charge >= 0.3 is 0 Å². The molecule has 0 spiro atoms. The molecule has 0 atom stereocenters. The number of carbonyl (C=O) groups is 1. The van der Waals surface area contributed by atoms with Crippen molar-refractivity contribution in [3.05, 3.63) is 75.6 Å². The molecule has 2 aromatic heterocycles. The number of hydrogen-bond donors (Lipinski definition) is 0. The highest BCUT2D eigenvalue weighted by Crippen LogP contribution is 2.35. The van der Waals surface area contributed by atoms with E-state index in [0.717, 1.165) is 33.8 Å². The normalized spacial score (nSPS) is 11.0. The molecular weight excluding hydrogens is 468 g/mol. The second kappa shape index (κ2) is 10.4. The molecule has 7 nitrogen and oxygen atoms in total. The zero-order chi connectivity index (χ0) is 24.2. The summed E-state index contributed by atoms with van der Waals surface area (Å²) in [5.41, 5.74) is 6.12. The van der Waals surface area contributed by atoms with Crippen LogP contribution < -0.4 is 9.64 Å². The highest BCUT2D eigenvalue weighted by Gasteiger charge is 2.22. The number of ether oxygens (including phenoxy) is 1. The van der Waals surface area contributed by atoms with Gasteiger partial charge in [0, 0.05) is 18.1 Å². The van der Waals surface area contributed by atoms with E-state index in [9.17, 15) is 4.79 Å². The molecule has 176 valence electrons. The second-order valence-electron chi connectivity index (χ2n) is 8.08. The number of thioether (sulfide) groups is 1. The Bertz CT molecular complexity index is 1290. The van der Waals surface area contributed by atoms with E-state index in [4.69, 9.17) is 14.1 Å². The molecule has 9 heteroatoms. The van der Waals surface area contributed by atoms with Crippen molar-refractivity contribution in [1.29, 1.82) is 0 Å². The summed E-state index contributed by atoms with van der Waals surface area (Å²) < 4.78 is 11.4. The first-order valence-electron chi connectivity index (χ1n) is 10.8. The summed E-state index contributed by atoms with van der Waals surface area (Å²) in [4.78, 5) is 18.9. The third-order valence-electron chi connectivity index (χ3n) is 5.05. The number of benzene rings is 2. The standard InChI is InChI=1S/C25H26N4O3S2/c1-15-7-6-8-21(11-15)31-12-22-27-28-25(32-22)34-14-20-13-33-24(26-20)29(19(5)30)23-17(3)9-16(2)10-18(23)4/h6-11,13H,12,14H2,1-5H3. The lowest BCUT2D eigenvalue weighted by Gasteiger charge is -2.23. The summed E-state index contributed by atoms with van der Waals surface area (Å²) >= 11 is 2.84. The minimum absolute atomic E-state index is 0.0706. The molecule has 0 unspecified atom stereocenters. The average Bonchev–Trinajstić information content (AvgIpc) is 3.42. The minimum Gasteiger partial charge on any atom is -0.484 e. The maximum atomic E-state index is 12.6.